The van der Waals surface area contributed by atoms with E-state index in [4.69, 9.17) is 0 Å². The molecule has 0 saturated carbocycles. The van der Waals surface area contributed by atoms with Gasteiger partial charge < -0.3 is 15.3 Å². The first-order valence-corrected chi connectivity index (χ1v) is 8.46. The maximum atomic E-state index is 12.7. The van der Waals surface area contributed by atoms with E-state index in [0.29, 0.717) is 6.07 Å². The number of benzene rings is 1. The first kappa shape index (κ1) is 19.2. The highest BCUT2D eigenvalue weighted by molar-refractivity contribution is 5.65. The summed E-state index contributed by atoms with van der Waals surface area (Å²) in [5, 5.41) is 20.9. The van der Waals surface area contributed by atoms with Gasteiger partial charge in [0, 0.05) is 19.6 Å². The minimum atomic E-state index is -4.57. The van der Waals surface area contributed by atoms with E-state index in [-0.39, 0.29) is 23.2 Å². The van der Waals surface area contributed by atoms with E-state index < -0.39 is 23.0 Å². The zero-order valence-electron chi connectivity index (χ0n) is 14.9. The van der Waals surface area contributed by atoms with Crippen LogP contribution in [0.25, 0.3) is 11.4 Å². The molecule has 146 valence electrons. The summed E-state index contributed by atoms with van der Waals surface area (Å²) in [4.78, 5) is 14.7. The lowest BCUT2D eigenvalue weighted by molar-refractivity contribution is -0.137. The number of aromatic hydroxyl groups is 1. The maximum absolute atomic E-state index is 12.7. The van der Waals surface area contributed by atoms with Crippen LogP contribution in [0.4, 0.5) is 19.0 Å². The molecule has 2 heterocycles. The van der Waals surface area contributed by atoms with Crippen molar-refractivity contribution in [1.82, 2.24) is 19.7 Å². The van der Waals surface area contributed by atoms with Crippen molar-refractivity contribution in [3.05, 3.63) is 34.1 Å². The highest BCUT2D eigenvalue weighted by Gasteiger charge is 2.31. The topological polar surface area (TPSA) is 83.3 Å². The molecule has 1 fully saturated rings. The van der Waals surface area contributed by atoms with E-state index >= 15 is 0 Å². The third-order valence-electron chi connectivity index (χ3n) is 4.60. The number of hydrogen-bond acceptors (Lipinski definition) is 6. The van der Waals surface area contributed by atoms with E-state index in [1.807, 2.05) is 7.05 Å². The number of phenols is 1. The van der Waals surface area contributed by atoms with E-state index in [2.05, 4.69) is 20.4 Å². The van der Waals surface area contributed by atoms with Gasteiger partial charge in [-0.15, -0.1) is 10.2 Å². The molecule has 3 rings (SSSR count). The Balaban J connectivity index is 1.90. The number of anilines is 1. The predicted octanol–water partition coefficient (Wildman–Crippen LogP) is 2.07. The van der Waals surface area contributed by atoms with Crippen molar-refractivity contribution in [2.24, 2.45) is 7.05 Å². The second-order valence-electron chi connectivity index (χ2n) is 6.71. The molecule has 7 nitrogen and oxygen atoms in total. The Kier molecular flexibility index (Phi) is 5.09. The number of likely N-dealkylation sites (N-methyl/N-ethyl adjacent to an activating group) is 1. The summed E-state index contributed by atoms with van der Waals surface area (Å²) < 4.78 is 39.4. The zero-order chi connectivity index (χ0) is 19.8. The molecule has 1 aliphatic rings. The van der Waals surface area contributed by atoms with Gasteiger partial charge in [-0.05, 0) is 44.6 Å². The third kappa shape index (κ3) is 4.05. The summed E-state index contributed by atoms with van der Waals surface area (Å²) in [5.41, 5.74) is -1.45. The molecule has 1 atom stereocenters. The smallest absolute Gasteiger partial charge is 0.416 e. The van der Waals surface area contributed by atoms with E-state index in [0.717, 1.165) is 42.6 Å². The first-order chi connectivity index (χ1) is 12.7. The number of piperidine rings is 1. The molecule has 1 unspecified atom stereocenters. The second kappa shape index (κ2) is 7.18. The van der Waals surface area contributed by atoms with Crippen molar-refractivity contribution >= 4 is 5.82 Å². The van der Waals surface area contributed by atoms with Crippen molar-refractivity contribution in [2.75, 3.05) is 25.5 Å². The van der Waals surface area contributed by atoms with Gasteiger partial charge in [-0.25, -0.2) is 0 Å². The van der Waals surface area contributed by atoms with Crippen LogP contribution in [0.3, 0.4) is 0 Å². The number of aromatic nitrogens is 3. The molecule has 2 N–H and O–H groups in total. The fourth-order valence-corrected chi connectivity index (χ4v) is 3.16. The number of likely N-dealkylation sites (tertiary alicyclic amines) is 1. The van der Waals surface area contributed by atoms with Gasteiger partial charge in [0.25, 0.3) is 5.56 Å². The third-order valence-corrected chi connectivity index (χ3v) is 4.60. The van der Waals surface area contributed by atoms with Crippen molar-refractivity contribution in [1.29, 1.82) is 0 Å². The summed E-state index contributed by atoms with van der Waals surface area (Å²) in [6.07, 6.45) is -2.68. The summed E-state index contributed by atoms with van der Waals surface area (Å²) in [6, 6.07) is 2.57. The summed E-state index contributed by atoms with van der Waals surface area (Å²) >= 11 is 0. The van der Waals surface area contributed by atoms with Crippen molar-refractivity contribution in [2.45, 2.75) is 25.1 Å². The largest absolute Gasteiger partial charge is 0.507 e. The predicted molar refractivity (Wildman–Crippen MR) is 93.5 cm³/mol. The van der Waals surface area contributed by atoms with Crippen LogP contribution < -0.4 is 10.9 Å². The Morgan fingerprint density at radius 2 is 2.00 bits per heavy atom. The molecule has 0 bridgehead atoms. The molecule has 0 spiro atoms. The normalized spacial score (nSPS) is 18.5. The summed E-state index contributed by atoms with van der Waals surface area (Å²) in [5.74, 6) is -0.561. The quantitative estimate of drug-likeness (QED) is 0.844. The molecular weight excluding hydrogens is 363 g/mol. The average molecular weight is 383 g/mol. The number of phenolic OH excluding ortho intramolecular Hbond substituents is 1. The molecule has 1 aromatic heterocycles. The summed E-state index contributed by atoms with van der Waals surface area (Å²) in [6.45, 7) is 1.76. The number of rotatable bonds is 3. The molecule has 1 aliphatic heterocycles. The average Bonchev–Trinajstić information content (AvgIpc) is 2.59. The minimum absolute atomic E-state index is 0.000880. The summed E-state index contributed by atoms with van der Waals surface area (Å²) in [7, 11) is 3.43. The SMILES string of the molecule is CN1CCCC(Nc2nnc(-c3ccc(C(F)(F)F)cc3O)n(C)c2=O)C1. The van der Waals surface area contributed by atoms with Gasteiger partial charge in [0.15, 0.2) is 5.82 Å². The lowest BCUT2D eigenvalue weighted by Crippen LogP contribution is -2.41. The minimum Gasteiger partial charge on any atom is -0.507 e. The van der Waals surface area contributed by atoms with Crippen molar-refractivity contribution in [3.63, 3.8) is 0 Å². The maximum Gasteiger partial charge on any atom is 0.416 e. The lowest BCUT2D eigenvalue weighted by atomic mass is 10.1. The number of alkyl halides is 3. The molecule has 0 radical (unpaired) electrons. The number of nitrogens with one attached hydrogen (secondary N) is 1. The van der Waals surface area contributed by atoms with Gasteiger partial charge in [-0.2, -0.15) is 13.2 Å². The van der Waals surface area contributed by atoms with Crippen LogP contribution in [-0.4, -0.2) is 50.9 Å². The molecule has 1 saturated heterocycles. The molecule has 27 heavy (non-hydrogen) atoms. The number of hydrogen-bond donors (Lipinski definition) is 2. The van der Waals surface area contributed by atoms with E-state index in [9.17, 15) is 23.1 Å². The zero-order valence-corrected chi connectivity index (χ0v) is 14.9. The Labute approximate surface area is 153 Å². The Morgan fingerprint density at radius 3 is 2.63 bits per heavy atom. The molecule has 1 aromatic carbocycles. The van der Waals surface area contributed by atoms with Crippen LogP contribution in [0.1, 0.15) is 18.4 Å². The Bertz CT molecular complexity index is 897. The van der Waals surface area contributed by atoms with Gasteiger partial charge >= 0.3 is 6.18 Å². The highest BCUT2D eigenvalue weighted by Crippen LogP contribution is 2.35. The van der Waals surface area contributed by atoms with Gasteiger partial charge in [0.2, 0.25) is 5.82 Å². The van der Waals surface area contributed by atoms with Gasteiger partial charge in [0.05, 0.1) is 11.1 Å². The van der Waals surface area contributed by atoms with Gasteiger partial charge in [-0.3, -0.25) is 9.36 Å². The van der Waals surface area contributed by atoms with E-state index in [1.54, 1.807) is 0 Å². The second-order valence-corrected chi connectivity index (χ2v) is 6.71. The number of halogens is 3. The Hall–Kier alpha value is -2.62. The Morgan fingerprint density at radius 1 is 1.26 bits per heavy atom. The van der Waals surface area contributed by atoms with Crippen molar-refractivity contribution in [3.8, 4) is 17.1 Å². The number of nitrogens with zero attached hydrogens (tertiary/aromatic N) is 4. The van der Waals surface area contributed by atoms with Crippen LogP contribution in [0.2, 0.25) is 0 Å². The first-order valence-electron chi connectivity index (χ1n) is 8.46. The van der Waals surface area contributed by atoms with Crippen LogP contribution in [-0.2, 0) is 13.2 Å². The van der Waals surface area contributed by atoms with Gasteiger partial charge in [0.1, 0.15) is 5.75 Å². The van der Waals surface area contributed by atoms with Crippen LogP contribution in [0.15, 0.2) is 23.0 Å². The van der Waals surface area contributed by atoms with Crippen molar-refractivity contribution < 1.29 is 18.3 Å². The molecule has 2 aromatic rings. The highest BCUT2D eigenvalue weighted by atomic mass is 19.4. The van der Waals surface area contributed by atoms with Gasteiger partial charge in [-0.1, -0.05) is 0 Å². The van der Waals surface area contributed by atoms with E-state index in [1.165, 1.54) is 7.05 Å². The van der Waals surface area contributed by atoms with Crippen LogP contribution in [0, 0.1) is 0 Å². The fourth-order valence-electron chi connectivity index (χ4n) is 3.16. The molecular formula is C17H20F3N5O2. The monoisotopic (exact) mass is 383 g/mol. The van der Waals surface area contributed by atoms with Crippen LogP contribution >= 0.6 is 0 Å². The molecule has 0 amide bonds. The molecule has 10 heteroatoms. The molecule has 0 aliphatic carbocycles. The fraction of sp³-hybridized carbons (Fsp3) is 0.471. The lowest BCUT2D eigenvalue weighted by Gasteiger charge is -2.30. The van der Waals surface area contributed by atoms with Crippen LogP contribution in [0.5, 0.6) is 5.75 Å². The standard InChI is InChI=1S/C17H20F3N5O2/c1-24-7-3-4-11(9-24)21-14-16(27)25(2)15(23-22-14)12-6-5-10(8-13(12)26)17(18,19)20/h5-6,8,11,26H,3-4,7,9H2,1-2H3,(H,21,22).